The summed E-state index contributed by atoms with van der Waals surface area (Å²) in [4.78, 5) is 0. The van der Waals surface area contributed by atoms with E-state index < -0.39 is 0 Å². The Morgan fingerprint density at radius 2 is 2.10 bits per heavy atom. The summed E-state index contributed by atoms with van der Waals surface area (Å²) in [5.74, 6) is 2.19. The van der Waals surface area contributed by atoms with Gasteiger partial charge in [0.25, 0.3) is 0 Å². The third-order valence-corrected chi connectivity index (χ3v) is 5.40. The average molecular weight is 176 g/mol. The van der Waals surface area contributed by atoms with E-state index in [1.165, 1.54) is 17.3 Å². The fraction of sp³-hybridized carbons (Fsp3) is 1.00. The fourth-order valence-corrected chi connectivity index (χ4v) is 4.20. The van der Waals surface area contributed by atoms with Gasteiger partial charge < -0.3 is 0 Å². The summed E-state index contributed by atoms with van der Waals surface area (Å²) < 4.78 is 0.575. The normalized spacial score (nSPS) is 34.8. The van der Waals surface area contributed by atoms with Gasteiger partial charge in [0.2, 0.25) is 0 Å². The van der Waals surface area contributed by atoms with Crippen LogP contribution in [0.1, 0.15) is 27.2 Å². The molecular weight excluding hydrogens is 160 g/mol. The van der Waals surface area contributed by atoms with Crippen molar-refractivity contribution in [2.24, 2.45) is 5.92 Å². The highest BCUT2D eigenvalue weighted by Crippen LogP contribution is 2.42. The molecule has 2 heteroatoms. The number of rotatable bonds is 1. The zero-order chi connectivity index (χ0) is 7.61. The molecule has 0 aromatic carbocycles. The van der Waals surface area contributed by atoms with E-state index >= 15 is 0 Å². The summed E-state index contributed by atoms with van der Waals surface area (Å²) in [6.07, 6.45) is 1.39. The van der Waals surface area contributed by atoms with Crippen LogP contribution in [0.25, 0.3) is 0 Å². The van der Waals surface area contributed by atoms with E-state index in [-0.39, 0.29) is 0 Å². The predicted molar refractivity (Wildman–Crippen MR) is 52.8 cm³/mol. The molecule has 1 fully saturated rings. The summed E-state index contributed by atoms with van der Waals surface area (Å²) in [5.41, 5.74) is 0. The molecule has 0 bridgehead atoms. The van der Waals surface area contributed by atoms with Gasteiger partial charge in [-0.15, -0.1) is 11.8 Å². The third kappa shape index (κ3) is 1.85. The maximum absolute atomic E-state index is 2.40. The summed E-state index contributed by atoms with van der Waals surface area (Å²) in [6.45, 7) is 7.08. The highest BCUT2D eigenvalue weighted by atomic mass is 32.2. The zero-order valence-corrected chi connectivity index (χ0v) is 8.65. The van der Waals surface area contributed by atoms with Crippen molar-refractivity contribution in [1.82, 2.24) is 0 Å². The maximum Gasteiger partial charge on any atom is 0.0397 e. The van der Waals surface area contributed by atoms with E-state index in [9.17, 15) is 0 Å². The van der Waals surface area contributed by atoms with Crippen molar-refractivity contribution in [3.05, 3.63) is 0 Å². The van der Waals surface area contributed by atoms with Gasteiger partial charge in [0, 0.05) is 9.83 Å². The Labute approximate surface area is 72.5 Å². The lowest BCUT2D eigenvalue weighted by Crippen LogP contribution is -2.30. The summed E-state index contributed by atoms with van der Waals surface area (Å²) in [6, 6.07) is 0. The summed E-state index contributed by atoms with van der Waals surface area (Å²) in [5, 5.41) is 1.30. The van der Waals surface area contributed by atoms with Crippen molar-refractivity contribution in [2.75, 3.05) is 10.8 Å². The Balaban J connectivity index is 2.48. The van der Waals surface area contributed by atoms with Gasteiger partial charge in [0.05, 0.1) is 0 Å². The summed E-state index contributed by atoms with van der Waals surface area (Å²) >= 11 is 4.21. The van der Waals surface area contributed by atoms with E-state index in [0.717, 1.165) is 5.92 Å². The van der Waals surface area contributed by atoms with Gasteiger partial charge in [-0.1, -0.05) is 20.8 Å². The second-order valence-corrected chi connectivity index (χ2v) is 6.37. The first-order valence-electron chi connectivity index (χ1n) is 3.87. The van der Waals surface area contributed by atoms with Crippen LogP contribution >= 0.6 is 23.5 Å². The van der Waals surface area contributed by atoms with Crippen molar-refractivity contribution >= 4 is 23.5 Å². The second kappa shape index (κ2) is 3.40. The molecule has 1 aliphatic heterocycles. The molecule has 1 rings (SSSR count). The standard InChI is InChI=1S/C8H16S2/c1-7(2)8(3)4-5-9-6-10-8/h7H,4-6H2,1-3H3. The third-order valence-electron chi connectivity index (χ3n) is 2.44. The first-order valence-corrected chi connectivity index (χ1v) is 6.01. The highest BCUT2D eigenvalue weighted by molar-refractivity contribution is 8.17. The van der Waals surface area contributed by atoms with Crippen molar-refractivity contribution in [1.29, 1.82) is 0 Å². The minimum Gasteiger partial charge on any atom is -0.151 e. The van der Waals surface area contributed by atoms with Gasteiger partial charge in [0.15, 0.2) is 0 Å². The van der Waals surface area contributed by atoms with Crippen molar-refractivity contribution < 1.29 is 0 Å². The monoisotopic (exact) mass is 176 g/mol. The van der Waals surface area contributed by atoms with E-state index in [1.807, 2.05) is 0 Å². The van der Waals surface area contributed by atoms with Gasteiger partial charge in [-0.05, 0) is 18.1 Å². The van der Waals surface area contributed by atoms with Crippen molar-refractivity contribution in [3.8, 4) is 0 Å². The molecule has 0 saturated carbocycles. The van der Waals surface area contributed by atoms with Crippen LogP contribution in [0.4, 0.5) is 0 Å². The van der Waals surface area contributed by atoms with Crippen molar-refractivity contribution in [3.63, 3.8) is 0 Å². The van der Waals surface area contributed by atoms with Crippen LogP contribution in [0.2, 0.25) is 0 Å². The van der Waals surface area contributed by atoms with Crippen LogP contribution in [0, 0.1) is 5.92 Å². The Hall–Kier alpha value is 0.700. The Kier molecular flexibility index (Phi) is 2.99. The molecule has 1 unspecified atom stereocenters. The molecule has 0 aromatic heterocycles. The van der Waals surface area contributed by atoms with Crippen LogP contribution in [0.5, 0.6) is 0 Å². The van der Waals surface area contributed by atoms with Crippen LogP contribution in [0.15, 0.2) is 0 Å². The molecule has 0 aromatic rings. The lowest BCUT2D eigenvalue weighted by Gasteiger charge is -2.36. The number of hydrogen-bond donors (Lipinski definition) is 0. The first-order chi connectivity index (χ1) is 4.65. The molecular formula is C8H16S2. The van der Waals surface area contributed by atoms with E-state index in [4.69, 9.17) is 0 Å². The van der Waals surface area contributed by atoms with Gasteiger partial charge in [-0.3, -0.25) is 0 Å². The van der Waals surface area contributed by atoms with E-state index in [1.54, 1.807) is 0 Å². The molecule has 1 aliphatic rings. The molecule has 0 nitrogen and oxygen atoms in total. The van der Waals surface area contributed by atoms with Crippen molar-refractivity contribution in [2.45, 2.75) is 31.9 Å². The first kappa shape index (κ1) is 8.79. The molecule has 60 valence electrons. The molecule has 0 N–H and O–H groups in total. The lowest BCUT2D eigenvalue weighted by molar-refractivity contribution is 0.457. The molecule has 0 radical (unpaired) electrons. The van der Waals surface area contributed by atoms with Gasteiger partial charge in [0.1, 0.15) is 0 Å². The number of hydrogen-bond acceptors (Lipinski definition) is 2. The van der Waals surface area contributed by atoms with Gasteiger partial charge in [-0.2, -0.15) is 11.8 Å². The SMILES string of the molecule is CC(C)C1(C)CCSCS1. The maximum atomic E-state index is 2.40. The Bertz CT molecular complexity index is 104. The van der Waals surface area contributed by atoms with Gasteiger partial charge >= 0.3 is 0 Å². The highest BCUT2D eigenvalue weighted by Gasteiger charge is 2.30. The van der Waals surface area contributed by atoms with Crippen LogP contribution in [-0.4, -0.2) is 15.6 Å². The smallest absolute Gasteiger partial charge is 0.0397 e. The van der Waals surface area contributed by atoms with Crippen LogP contribution < -0.4 is 0 Å². The predicted octanol–water partition coefficient (Wildman–Crippen LogP) is 3.23. The Morgan fingerprint density at radius 1 is 1.40 bits per heavy atom. The molecule has 10 heavy (non-hydrogen) atoms. The van der Waals surface area contributed by atoms with Gasteiger partial charge in [-0.25, -0.2) is 0 Å². The van der Waals surface area contributed by atoms with Crippen LogP contribution in [-0.2, 0) is 0 Å². The minimum atomic E-state index is 0.575. The Morgan fingerprint density at radius 3 is 2.40 bits per heavy atom. The molecule has 1 heterocycles. The van der Waals surface area contributed by atoms with Crippen LogP contribution in [0.3, 0.4) is 0 Å². The zero-order valence-electron chi connectivity index (χ0n) is 7.02. The molecule has 1 saturated heterocycles. The second-order valence-electron chi connectivity index (χ2n) is 3.39. The fourth-order valence-electron chi connectivity index (χ4n) is 1.04. The minimum absolute atomic E-state index is 0.575. The summed E-state index contributed by atoms with van der Waals surface area (Å²) in [7, 11) is 0. The molecule has 1 atom stereocenters. The average Bonchev–Trinajstić information content (AvgIpc) is 1.89. The quantitative estimate of drug-likeness (QED) is 0.601. The lowest BCUT2D eigenvalue weighted by atomic mass is 9.94. The largest absolute Gasteiger partial charge is 0.151 e. The molecule has 0 aliphatic carbocycles. The molecule has 0 spiro atoms. The number of thioether (sulfide) groups is 2. The molecule has 0 amide bonds. The van der Waals surface area contributed by atoms with E-state index in [0.29, 0.717) is 4.75 Å². The topological polar surface area (TPSA) is 0 Å². The van der Waals surface area contributed by atoms with E-state index in [2.05, 4.69) is 44.3 Å².